The number of carbonyl (C=O) groups is 2. The Bertz CT molecular complexity index is 1690. The lowest BCUT2D eigenvalue weighted by Gasteiger charge is -2.51. The third-order valence-corrected chi connectivity index (χ3v) is 15.6. The highest BCUT2D eigenvalue weighted by molar-refractivity contribution is 5.74. The van der Waals surface area contributed by atoms with Crippen LogP contribution in [0.15, 0.2) is 30.3 Å². The molecule has 1 aromatic carbocycles. The monoisotopic (exact) mass is 890 g/mol. The Labute approximate surface area is 376 Å². The molecule has 5 aliphatic heterocycles. The molecule has 1 amide bonds. The van der Waals surface area contributed by atoms with Crippen molar-refractivity contribution < 1.29 is 57.7 Å². The quantitative estimate of drug-likeness (QED) is 0.295. The summed E-state index contributed by atoms with van der Waals surface area (Å²) in [6, 6.07) is 9.60. The SMILES string of the molecule is CC[C@H]1OC(=O)[C@H](C)[C@@H](O[C@H]2C[C@@](C)(OC)[C@@H](O)[C@H](C)O2)[C@H](C)[C@@H](O[C@@H]2O[C@H](C)C[C@H](N(C)C)[C@H]2O)[C@](C)(OC)C[C@@H](C)C2[C@H](C)[C@H]3N(CCN2Cc2ccccc2)C(=O)O[C@]13C. The normalized spacial score (nSPS) is 45.6. The topological polar surface area (TPSA) is 158 Å². The molecule has 358 valence electrons. The van der Waals surface area contributed by atoms with Gasteiger partial charge in [-0.05, 0) is 92.3 Å². The summed E-state index contributed by atoms with van der Waals surface area (Å²) in [5.74, 6) is -2.27. The first kappa shape index (κ1) is 50.0. The highest BCUT2D eigenvalue weighted by Crippen LogP contribution is 2.47. The summed E-state index contributed by atoms with van der Waals surface area (Å²) in [6.07, 6.45) is -5.99. The average molecular weight is 890 g/mol. The molecule has 0 saturated carbocycles. The maximum absolute atomic E-state index is 14.9. The first-order valence-corrected chi connectivity index (χ1v) is 23.4. The zero-order valence-electron chi connectivity index (χ0n) is 40.4. The molecule has 2 N–H and O–H groups in total. The number of esters is 1. The van der Waals surface area contributed by atoms with Crippen molar-refractivity contribution in [2.45, 2.75) is 192 Å². The van der Waals surface area contributed by atoms with Crippen molar-refractivity contribution in [3.8, 4) is 0 Å². The minimum atomic E-state index is -1.17. The van der Waals surface area contributed by atoms with Crippen molar-refractivity contribution >= 4 is 12.1 Å². The van der Waals surface area contributed by atoms with E-state index >= 15 is 0 Å². The van der Waals surface area contributed by atoms with Crippen LogP contribution < -0.4 is 0 Å². The molecule has 1 unspecified atom stereocenters. The van der Waals surface area contributed by atoms with Crippen LogP contribution in [0, 0.1) is 23.7 Å². The Kier molecular flexibility index (Phi) is 15.7. The van der Waals surface area contributed by atoms with E-state index in [2.05, 4.69) is 30.9 Å². The Balaban J connectivity index is 1.51. The van der Waals surface area contributed by atoms with Gasteiger partial charge in [0.05, 0.1) is 47.6 Å². The first-order valence-electron chi connectivity index (χ1n) is 23.4. The summed E-state index contributed by atoms with van der Waals surface area (Å²) in [5, 5.41) is 23.1. The Morgan fingerprint density at radius 3 is 2.16 bits per heavy atom. The number of nitrogens with zero attached hydrogens (tertiary/aromatic N) is 3. The second kappa shape index (κ2) is 19.8. The number of carbonyl (C=O) groups excluding carboxylic acids is 2. The number of likely N-dealkylation sites (N-methyl/N-ethyl adjacent to an activating group) is 1. The van der Waals surface area contributed by atoms with Crippen molar-refractivity contribution in [3.63, 3.8) is 0 Å². The molecule has 2 bridgehead atoms. The van der Waals surface area contributed by atoms with Gasteiger partial charge in [0, 0.05) is 58.3 Å². The highest BCUT2D eigenvalue weighted by Gasteiger charge is 2.62. The van der Waals surface area contributed by atoms with Crippen LogP contribution >= 0.6 is 0 Å². The zero-order chi connectivity index (χ0) is 46.3. The van der Waals surface area contributed by atoms with Gasteiger partial charge in [-0.2, -0.15) is 0 Å². The molecule has 1 aromatic rings. The lowest BCUT2D eigenvalue weighted by molar-refractivity contribution is -0.319. The second-order valence-electron chi connectivity index (χ2n) is 20.3. The summed E-state index contributed by atoms with van der Waals surface area (Å²) in [4.78, 5) is 35.3. The first-order chi connectivity index (χ1) is 29.6. The maximum Gasteiger partial charge on any atom is 0.410 e. The van der Waals surface area contributed by atoms with Crippen molar-refractivity contribution in [2.24, 2.45) is 23.7 Å². The van der Waals surface area contributed by atoms with Crippen LogP contribution in [0.2, 0.25) is 0 Å². The van der Waals surface area contributed by atoms with Gasteiger partial charge >= 0.3 is 12.1 Å². The van der Waals surface area contributed by atoms with E-state index in [4.69, 9.17) is 37.9 Å². The lowest BCUT2D eigenvalue weighted by atomic mass is 9.71. The van der Waals surface area contributed by atoms with Gasteiger partial charge in [-0.25, -0.2) is 4.79 Å². The molecule has 5 saturated heterocycles. The highest BCUT2D eigenvalue weighted by atomic mass is 16.7. The number of ether oxygens (including phenoxy) is 8. The summed E-state index contributed by atoms with van der Waals surface area (Å²) in [7, 11) is 7.11. The third-order valence-electron chi connectivity index (χ3n) is 15.6. The molecule has 5 heterocycles. The molecule has 5 fully saturated rings. The molecule has 0 radical (unpaired) electrons. The number of cyclic esters (lactones) is 1. The fraction of sp³-hybridized carbons (Fsp3) is 0.833. The molecule has 0 aliphatic carbocycles. The molecule has 0 spiro atoms. The summed E-state index contributed by atoms with van der Waals surface area (Å²) >= 11 is 0. The Morgan fingerprint density at radius 2 is 1.54 bits per heavy atom. The van der Waals surface area contributed by atoms with Gasteiger partial charge in [0.2, 0.25) is 0 Å². The third kappa shape index (κ3) is 9.85. The van der Waals surface area contributed by atoms with Gasteiger partial charge < -0.3 is 53.0 Å². The molecule has 63 heavy (non-hydrogen) atoms. The van der Waals surface area contributed by atoms with Gasteiger partial charge in [-0.1, -0.05) is 58.0 Å². The van der Waals surface area contributed by atoms with E-state index in [1.807, 2.05) is 83.6 Å². The van der Waals surface area contributed by atoms with Crippen molar-refractivity contribution in [2.75, 3.05) is 41.4 Å². The summed E-state index contributed by atoms with van der Waals surface area (Å²) in [6.45, 7) is 21.4. The molecule has 0 aromatic heterocycles. The number of rotatable bonds is 10. The van der Waals surface area contributed by atoms with Gasteiger partial charge in [0.15, 0.2) is 18.2 Å². The number of methoxy groups -OCH3 is 2. The maximum atomic E-state index is 14.9. The van der Waals surface area contributed by atoms with E-state index in [0.717, 1.165) is 5.56 Å². The zero-order valence-corrected chi connectivity index (χ0v) is 40.4. The van der Waals surface area contributed by atoms with E-state index in [-0.39, 0.29) is 36.4 Å². The standard InChI is InChI=1S/C48H79N3O12/c1-15-35-48(10)40-29(4)37(50(21-22-51(40)45(55)63-48)26-33-19-17-16-18-20-33)27(2)24-47(9,57-14)42(62-44-38(52)34(49(11)12)23-28(3)58-44)30(5)39(31(6)43(54)60-35)61-36-25-46(8,56-13)41(53)32(7)59-36/h16-20,27-32,34-42,44,52-53H,15,21-26H2,1-14H3/t27-,28-,29+,30+,31-,32+,34+,35-,36+,37?,38-,39+,40-,41+,42-,44+,46-,47-,48-/m1/s1. The number of aliphatic hydroxyl groups is 2. The number of hydrogen-bond donors (Lipinski definition) is 2. The Hall–Kier alpha value is -2.44. The molecular formula is C48H79N3O12. The molecular weight excluding hydrogens is 811 g/mol. The van der Waals surface area contributed by atoms with E-state index in [1.54, 1.807) is 28.1 Å². The predicted molar refractivity (Wildman–Crippen MR) is 235 cm³/mol. The average Bonchev–Trinajstić information content (AvgIpc) is 3.40. The smallest absolute Gasteiger partial charge is 0.410 e. The van der Waals surface area contributed by atoms with Crippen LogP contribution in [0.3, 0.4) is 0 Å². The lowest BCUT2D eigenvalue weighted by Crippen LogP contribution is -2.62. The van der Waals surface area contributed by atoms with Crippen LogP contribution in [0.4, 0.5) is 4.79 Å². The predicted octanol–water partition coefficient (Wildman–Crippen LogP) is 5.22. The molecule has 15 heteroatoms. The number of hydrogen-bond acceptors (Lipinski definition) is 14. The van der Waals surface area contributed by atoms with Crippen molar-refractivity contribution in [3.05, 3.63) is 35.9 Å². The number of benzene rings is 1. The fourth-order valence-electron chi connectivity index (χ4n) is 12.1. The van der Waals surface area contributed by atoms with E-state index in [9.17, 15) is 19.8 Å². The number of fused-ring (bicyclic) bond motifs is 1. The number of aliphatic hydroxyl groups excluding tert-OH is 2. The molecule has 15 nitrogen and oxygen atoms in total. The van der Waals surface area contributed by atoms with E-state index < -0.39 is 95.9 Å². The number of amides is 1. The minimum absolute atomic E-state index is 0.0636. The molecule has 5 aliphatic rings. The van der Waals surface area contributed by atoms with Gasteiger partial charge in [0.25, 0.3) is 0 Å². The summed E-state index contributed by atoms with van der Waals surface area (Å²) < 4.78 is 52.5. The molecule has 6 rings (SSSR count). The van der Waals surface area contributed by atoms with Crippen LogP contribution in [0.25, 0.3) is 0 Å². The summed E-state index contributed by atoms with van der Waals surface area (Å²) in [5.41, 5.74) is -2.08. The van der Waals surface area contributed by atoms with Crippen LogP contribution in [0.5, 0.6) is 0 Å². The van der Waals surface area contributed by atoms with Gasteiger partial charge in [-0.15, -0.1) is 0 Å². The second-order valence-corrected chi connectivity index (χ2v) is 20.3. The van der Waals surface area contributed by atoms with Crippen molar-refractivity contribution in [1.82, 2.24) is 14.7 Å². The van der Waals surface area contributed by atoms with Gasteiger partial charge in [0.1, 0.15) is 18.3 Å². The molecule has 19 atom stereocenters. The van der Waals surface area contributed by atoms with Crippen molar-refractivity contribution in [1.29, 1.82) is 0 Å². The fourth-order valence-corrected chi connectivity index (χ4v) is 12.1. The van der Waals surface area contributed by atoms with Crippen LogP contribution in [-0.2, 0) is 49.2 Å². The Morgan fingerprint density at radius 1 is 0.873 bits per heavy atom. The van der Waals surface area contributed by atoms with Crippen LogP contribution in [-0.4, -0.2) is 169 Å². The largest absolute Gasteiger partial charge is 0.458 e. The van der Waals surface area contributed by atoms with E-state index in [0.29, 0.717) is 38.9 Å². The van der Waals surface area contributed by atoms with Gasteiger partial charge in [-0.3, -0.25) is 14.6 Å². The van der Waals surface area contributed by atoms with E-state index in [1.165, 1.54) is 0 Å². The minimum Gasteiger partial charge on any atom is -0.458 e. The van der Waals surface area contributed by atoms with Crippen LogP contribution in [0.1, 0.15) is 100 Å².